The molecule has 1 fully saturated rings. The highest BCUT2D eigenvalue weighted by Gasteiger charge is 2.31. The molecule has 1 rings (SSSR count). The molecule has 2 atom stereocenters. The molecule has 3 nitrogen and oxygen atoms in total. The van der Waals surface area contributed by atoms with Gasteiger partial charge < -0.3 is 5.11 Å². The van der Waals surface area contributed by atoms with Crippen molar-refractivity contribution in [3.63, 3.8) is 0 Å². The molecular formula is C12H23NO2. The molecule has 0 radical (unpaired) electrons. The van der Waals surface area contributed by atoms with Crippen molar-refractivity contribution in [1.82, 2.24) is 4.90 Å². The molecule has 0 aromatic heterocycles. The molecule has 15 heavy (non-hydrogen) atoms. The zero-order valence-electron chi connectivity index (χ0n) is 9.91. The van der Waals surface area contributed by atoms with Gasteiger partial charge in [0.15, 0.2) is 0 Å². The Labute approximate surface area is 92.5 Å². The highest BCUT2D eigenvalue weighted by molar-refractivity contribution is 5.73. The number of carboxylic acid groups (broad SMARTS) is 1. The van der Waals surface area contributed by atoms with Crippen molar-refractivity contribution in [2.75, 3.05) is 13.1 Å². The average Bonchev–Trinajstić information content (AvgIpc) is 2.26. The summed E-state index contributed by atoms with van der Waals surface area (Å²) in [5, 5.41) is 9.18. The van der Waals surface area contributed by atoms with Crippen LogP contribution in [0.5, 0.6) is 0 Å². The molecule has 2 unspecified atom stereocenters. The first-order chi connectivity index (χ1) is 7.19. The first-order valence-electron chi connectivity index (χ1n) is 6.15. The summed E-state index contributed by atoms with van der Waals surface area (Å²) in [5.41, 5.74) is 0. The lowest BCUT2D eigenvalue weighted by atomic mass is 9.89. The number of hydrogen-bond donors (Lipinski definition) is 1. The zero-order chi connectivity index (χ0) is 11.3. The highest BCUT2D eigenvalue weighted by atomic mass is 16.4. The topological polar surface area (TPSA) is 40.5 Å². The third-order valence-electron chi connectivity index (χ3n) is 3.48. The Morgan fingerprint density at radius 3 is 2.73 bits per heavy atom. The van der Waals surface area contributed by atoms with Crippen LogP contribution in [0.2, 0.25) is 0 Å². The van der Waals surface area contributed by atoms with Gasteiger partial charge in [-0.25, -0.2) is 0 Å². The quantitative estimate of drug-likeness (QED) is 0.762. The lowest BCUT2D eigenvalue weighted by Gasteiger charge is -2.36. The third-order valence-corrected chi connectivity index (χ3v) is 3.48. The Morgan fingerprint density at radius 2 is 2.20 bits per heavy atom. The van der Waals surface area contributed by atoms with Crippen LogP contribution in [0.3, 0.4) is 0 Å². The van der Waals surface area contributed by atoms with Crippen molar-refractivity contribution in [3.8, 4) is 0 Å². The van der Waals surface area contributed by atoms with E-state index in [1.807, 2.05) is 0 Å². The fourth-order valence-electron chi connectivity index (χ4n) is 2.34. The molecule has 88 valence electrons. The summed E-state index contributed by atoms with van der Waals surface area (Å²) in [4.78, 5) is 13.3. The number of piperidine rings is 1. The predicted molar refractivity (Wildman–Crippen MR) is 60.9 cm³/mol. The molecule has 1 heterocycles. The van der Waals surface area contributed by atoms with Gasteiger partial charge in [-0.15, -0.1) is 0 Å². The molecule has 0 aliphatic carbocycles. The molecule has 0 aromatic carbocycles. The smallest absolute Gasteiger partial charge is 0.320 e. The van der Waals surface area contributed by atoms with E-state index < -0.39 is 5.97 Å². The van der Waals surface area contributed by atoms with Crippen LogP contribution < -0.4 is 0 Å². The molecule has 0 amide bonds. The molecule has 1 N–H and O–H groups in total. The van der Waals surface area contributed by atoms with Gasteiger partial charge in [-0.05, 0) is 38.3 Å². The van der Waals surface area contributed by atoms with E-state index in [1.165, 1.54) is 6.42 Å². The SMILES string of the molecule is CCCCN1CCC(CC)CC1C(=O)O. The van der Waals surface area contributed by atoms with Crippen molar-refractivity contribution < 1.29 is 9.90 Å². The maximum atomic E-state index is 11.1. The van der Waals surface area contributed by atoms with Gasteiger partial charge in [0.25, 0.3) is 0 Å². The van der Waals surface area contributed by atoms with Gasteiger partial charge in [0.1, 0.15) is 6.04 Å². The Bertz CT molecular complexity index is 206. The second kappa shape index (κ2) is 6.11. The summed E-state index contributed by atoms with van der Waals surface area (Å²) >= 11 is 0. The summed E-state index contributed by atoms with van der Waals surface area (Å²) in [7, 11) is 0. The second-order valence-corrected chi connectivity index (χ2v) is 4.54. The van der Waals surface area contributed by atoms with Crippen LogP contribution in [0, 0.1) is 5.92 Å². The maximum absolute atomic E-state index is 11.1. The van der Waals surface area contributed by atoms with E-state index in [1.54, 1.807) is 0 Å². The van der Waals surface area contributed by atoms with E-state index in [2.05, 4.69) is 18.7 Å². The summed E-state index contributed by atoms with van der Waals surface area (Å²) in [6, 6.07) is -0.227. The highest BCUT2D eigenvalue weighted by Crippen LogP contribution is 2.25. The van der Waals surface area contributed by atoms with Crippen LogP contribution in [-0.2, 0) is 4.79 Å². The Morgan fingerprint density at radius 1 is 1.47 bits per heavy atom. The van der Waals surface area contributed by atoms with Crippen LogP contribution >= 0.6 is 0 Å². The molecule has 0 aromatic rings. The lowest BCUT2D eigenvalue weighted by Crippen LogP contribution is -2.47. The summed E-state index contributed by atoms with van der Waals surface area (Å²) in [6.07, 6.45) is 5.38. The van der Waals surface area contributed by atoms with Gasteiger partial charge in [0, 0.05) is 0 Å². The fraction of sp³-hybridized carbons (Fsp3) is 0.917. The molecular weight excluding hydrogens is 190 g/mol. The van der Waals surface area contributed by atoms with Crippen molar-refractivity contribution in [1.29, 1.82) is 0 Å². The monoisotopic (exact) mass is 213 g/mol. The molecule has 1 aliphatic rings. The van der Waals surface area contributed by atoms with E-state index in [0.717, 1.165) is 38.8 Å². The molecule has 1 saturated heterocycles. The normalized spacial score (nSPS) is 27.9. The average molecular weight is 213 g/mol. The first kappa shape index (κ1) is 12.5. The van der Waals surface area contributed by atoms with E-state index in [0.29, 0.717) is 5.92 Å². The van der Waals surface area contributed by atoms with E-state index in [-0.39, 0.29) is 6.04 Å². The Kier molecular flexibility index (Phi) is 5.09. The first-order valence-corrected chi connectivity index (χ1v) is 6.15. The van der Waals surface area contributed by atoms with Gasteiger partial charge in [0.2, 0.25) is 0 Å². The van der Waals surface area contributed by atoms with Crippen LogP contribution in [-0.4, -0.2) is 35.1 Å². The number of carboxylic acids is 1. The van der Waals surface area contributed by atoms with E-state index in [4.69, 9.17) is 0 Å². The standard InChI is InChI=1S/C12H23NO2/c1-3-5-7-13-8-6-10(4-2)9-11(13)12(14)15/h10-11H,3-9H2,1-2H3,(H,14,15). The van der Waals surface area contributed by atoms with Gasteiger partial charge in [-0.1, -0.05) is 26.7 Å². The number of rotatable bonds is 5. The number of nitrogens with zero attached hydrogens (tertiary/aromatic N) is 1. The number of unbranched alkanes of at least 4 members (excludes halogenated alkanes) is 1. The Balaban J connectivity index is 2.51. The summed E-state index contributed by atoms with van der Waals surface area (Å²) in [6.45, 7) is 6.22. The predicted octanol–water partition coefficient (Wildman–Crippen LogP) is 2.36. The minimum Gasteiger partial charge on any atom is -0.480 e. The second-order valence-electron chi connectivity index (χ2n) is 4.54. The van der Waals surface area contributed by atoms with Gasteiger partial charge >= 0.3 is 5.97 Å². The van der Waals surface area contributed by atoms with Crippen LogP contribution in [0.1, 0.15) is 46.0 Å². The van der Waals surface area contributed by atoms with Crippen molar-refractivity contribution >= 4 is 5.97 Å². The minimum atomic E-state index is -0.635. The number of aliphatic carboxylic acids is 1. The summed E-state index contributed by atoms with van der Waals surface area (Å²) < 4.78 is 0. The number of carbonyl (C=O) groups is 1. The van der Waals surface area contributed by atoms with Gasteiger partial charge in [-0.3, -0.25) is 9.69 Å². The lowest BCUT2D eigenvalue weighted by molar-refractivity contribution is -0.145. The maximum Gasteiger partial charge on any atom is 0.320 e. The number of hydrogen-bond acceptors (Lipinski definition) is 2. The Hall–Kier alpha value is -0.570. The minimum absolute atomic E-state index is 0.227. The molecule has 1 aliphatic heterocycles. The third kappa shape index (κ3) is 3.49. The fourth-order valence-corrected chi connectivity index (χ4v) is 2.34. The van der Waals surface area contributed by atoms with Crippen LogP contribution in [0.4, 0.5) is 0 Å². The van der Waals surface area contributed by atoms with Gasteiger partial charge in [-0.2, -0.15) is 0 Å². The van der Waals surface area contributed by atoms with Crippen LogP contribution in [0.25, 0.3) is 0 Å². The van der Waals surface area contributed by atoms with Crippen molar-refractivity contribution in [3.05, 3.63) is 0 Å². The molecule has 3 heteroatoms. The molecule has 0 bridgehead atoms. The van der Waals surface area contributed by atoms with Crippen molar-refractivity contribution in [2.45, 2.75) is 52.0 Å². The van der Waals surface area contributed by atoms with Crippen molar-refractivity contribution in [2.24, 2.45) is 5.92 Å². The summed E-state index contributed by atoms with van der Waals surface area (Å²) in [5.74, 6) is -0.0202. The largest absolute Gasteiger partial charge is 0.480 e. The van der Waals surface area contributed by atoms with E-state index in [9.17, 15) is 9.90 Å². The van der Waals surface area contributed by atoms with E-state index >= 15 is 0 Å². The molecule has 0 saturated carbocycles. The molecule has 0 spiro atoms. The number of likely N-dealkylation sites (tertiary alicyclic amines) is 1. The van der Waals surface area contributed by atoms with Gasteiger partial charge in [0.05, 0.1) is 0 Å². The zero-order valence-corrected chi connectivity index (χ0v) is 9.91. The van der Waals surface area contributed by atoms with Crippen LogP contribution in [0.15, 0.2) is 0 Å².